The summed E-state index contributed by atoms with van der Waals surface area (Å²) < 4.78 is 16.5. The van der Waals surface area contributed by atoms with Crippen molar-refractivity contribution in [3.05, 3.63) is 50.4 Å². The number of benzene rings is 1. The smallest absolute Gasteiger partial charge is 0.124 e. The predicted molar refractivity (Wildman–Crippen MR) is 78.9 cm³/mol. The normalized spacial score (nSPS) is 12.7. The molecule has 4 nitrogen and oxygen atoms in total. The molecule has 0 aliphatic heterocycles. The molecule has 0 radical (unpaired) electrons. The van der Waals surface area contributed by atoms with Gasteiger partial charge in [0.05, 0.1) is 22.4 Å². The molecule has 2 rings (SSSR count). The topological polar surface area (TPSA) is 55.9 Å². The zero-order chi connectivity index (χ0) is 14.0. The van der Waals surface area contributed by atoms with Gasteiger partial charge in [-0.05, 0) is 40.5 Å². The van der Waals surface area contributed by atoms with E-state index in [-0.39, 0.29) is 11.9 Å². The highest BCUT2D eigenvalue weighted by Crippen LogP contribution is 2.32. The summed E-state index contributed by atoms with van der Waals surface area (Å²) in [5.74, 6) is 5.37. The lowest BCUT2D eigenvalue weighted by Crippen LogP contribution is -2.31. The van der Waals surface area contributed by atoms with Gasteiger partial charge >= 0.3 is 0 Å². The maximum absolute atomic E-state index is 13.2. The van der Waals surface area contributed by atoms with Crippen LogP contribution in [0.25, 0.3) is 0 Å². The maximum Gasteiger partial charge on any atom is 0.124 e. The Hall–Kier alpha value is -0.760. The maximum atomic E-state index is 13.2. The summed E-state index contributed by atoms with van der Waals surface area (Å²) in [6.45, 7) is 2.72. The number of rotatable bonds is 4. The Kier molecular flexibility index (Phi) is 4.72. The van der Waals surface area contributed by atoms with Crippen LogP contribution in [0.3, 0.4) is 0 Å². The average molecular weight is 392 g/mol. The Morgan fingerprint density at radius 3 is 2.74 bits per heavy atom. The minimum absolute atomic E-state index is 0.285. The summed E-state index contributed by atoms with van der Waals surface area (Å²) in [5, 5.41) is 4.26. The Morgan fingerprint density at radius 2 is 2.16 bits per heavy atom. The molecule has 0 saturated carbocycles. The van der Waals surface area contributed by atoms with Crippen LogP contribution in [0.5, 0.6) is 0 Å². The quantitative estimate of drug-likeness (QED) is 0.621. The standard InChI is InChI=1S/C12H13Br2FN4/c1-2-19-12(10(14)6-17-19)11(18-16)8-4-3-7(15)5-9(8)13/h3-6,11,18H,2,16H2,1H3. The van der Waals surface area contributed by atoms with Crippen molar-refractivity contribution in [1.82, 2.24) is 15.2 Å². The lowest BCUT2D eigenvalue weighted by Gasteiger charge is -2.19. The van der Waals surface area contributed by atoms with Gasteiger partial charge in [0.25, 0.3) is 0 Å². The van der Waals surface area contributed by atoms with Crippen molar-refractivity contribution >= 4 is 31.9 Å². The van der Waals surface area contributed by atoms with E-state index in [4.69, 9.17) is 5.84 Å². The molecule has 0 aliphatic carbocycles. The fourth-order valence-corrected chi connectivity index (χ4v) is 3.07. The second-order valence-electron chi connectivity index (χ2n) is 3.96. The lowest BCUT2D eigenvalue weighted by molar-refractivity contribution is 0.539. The molecule has 0 amide bonds. The number of nitrogens with one attached hydrogen (secondary N) is 1. The van der Waals surface area contributed by atoms with Crippen LogP contribution in [-0.4, -0.2) is 9.78 Å². The molecule has 0 fully saturated rings. The van der Waals surface area contributed by atoms with Gasteiger partial charge in [0.1, 0.15) is 5.82 Å². The molecule has 102 valence electrons. The van der Waals surface area contributed by atoms with Gasteiger partial charge in [0, 0.05) is 11.0 Å². The summed E-state index contributed by atoms with van der Waals surface area (Å²) in [6.07, 6.45) is 1.72. The van der Waals surface area contributed by atoms with Gasteiger partial charge in [-0.3, -0.25) is 10.5 Å². The van der Waals surface area contributed by atoms with Gasteiger partial charge in [-0.15, -0.1) is 0 Å². The van der Waals surface area contributed by atoms with E-state index in [1.807, 2.05) is 11.6 Å². The zero-order valence-electron chi connectivity index (χ0n) is 10.2. The number of halogens is 3. The third-order valence-electron chi connectivity index (χ3n) is 2.85. The molecule has 7 heteroatoms. The van der Waals surface area contributed by atoms with Crippen LogP contribution in [0.1, 0.15) is 24.2 Å². The molecule has 0 bridgehead atoms. The fourth-order valence-electron chi connectivity index (χ4n) is 1.96. The van der Waals surface area contributed by atoms with Gasteiger partial charge in [-0.25, -0.2) is 9.82 Å². The number of hydrazine groups is 1. The molecular weight excluding hydrogens is 379 g/mol. The Morgan fingerprint density at radius 1 is 1.42 bits per heavy atom. The lowest BCUT2D eigenvalue weighted by atomic mass is 10.0. The van der Waals surface area contributed by atoms with Gasteiger partial charge < -0.3 is 0 Å². The van der Waals surface area contributed by atoms with E-state index >= 15 is 0 Å². The van der Waals surface area contributed by atoms with Crippen molar-refractivity contribution in [1.29, 1.82) is 0 Å². The van der Waals surface area contributed by atoms with Crippen LogP contribution in [0.2, 0.25) is 0 Å². The minimum atomic E-state index is -0.297. The van der Waals surface area contributed by atoms with Crippen LogP contribution in [0, 0.1) is 5.82 Å². The number of aromatic nitrogens is 2. The van der Waals surface area contributed by atoms with Crippen LogP contribution < -0.4 is 11.3 Å². The Bertz CT molecular complexity index is 585. The second kappa shape index (κ2) is 6.13. The van der Waals surface area contributed by atoms with E-state index in [0.29, 0.717) is 4.47 Å². The molecule has 3 N–H and O–H groups in total. The molecular formula is C12H13Br2FN4. The number of aryl methyl sites for hydroxylation is 1. The molecule has 1 heterocycles. The van der Waals surface area contributed by atoms with E-state index in [0.717, 1.165) is 22.3 Å². The van der Waals surface area contributed by atoms with E-state index in [9.17, 15) is 4.39 Å². The van der Waals surface area contributed by atoms with Crippen LogP contribution >= 0.6 is 31.9 Å². The average Bonchev–Trinajstić information content (AvgIpc) is 2.74. The van der Waals surface area contributed by atoms with Crippen LogP contribution in [0.4, 0.5) is 4.39 Å². The molecule has 0 spiro atoms. The van der Waals surface area contributed by atoms with Crippen molar-refractivity contribution in [2.45, 2.75) is 19.5 Å². The summed E-state index contributed by atoms with van der Waals surface area (Å²) in [7, 11) is 0. The number of hydrogen-bond donors (Lipinski definition) is 2. The van der Waals surface area contributed by atoms with E-state index in [1.165, 1.54) is 12.1 Å². The first-order valence-electron chi connectivity index (χ1n) is 5.70. The Balaban J connectivity index is 2.52. The highest BCUT2D eigenvalue weighted by Gasteiger charge is 2.22. The largest absolute Gasteiger partial charge is 0.271 e. The van der Waals surface area contributed by atoms with Crippen molar-refractivity contribution in [3.63, 3.8) is 0 Å². The molecule has 0 saturated heterocycles. The third-order valence-corrected chi connectivity index (χ3v) is 4.14. The van der Waals surface area contributed by atoms with Gasteiger partial charge in [-0.1, -0.05) is 22.0 Å². The number of nitrogens with two attached hydrogens (primary N) is 1. The first-order chi connectivity index (χ1) is 9.08. The number of nitrogens with zero attached hydrogens (tertiary/aromatic N) is 2. The summed E-state index contributed by atoms with van der Waals surface area (Å²) in [6, 6.07) is 4.24. The number of hydrogen-bond acceptors (Lipinski definition) is 3. The molecule has 1 atom stereocenters. The van der Waals surface area contributed by atoms with Gasteiger partial charge in [0.15, 0.2) is 0 Å². The second-order valence-corrected chi connectivity index (χ2v) is 5.67. The summed E-state index contributed by atoms with van der Waals surface area (Å²) >= 11 is 6.83. The van der Waals surface area contributed by atoms with Gasteiger partial charge in [-0.2, -0.15) is 5.10 Å². The predicted octanol–water partition coefficient (Wildman–Crippen LogP) is 3.12. The Labute approximate surface area is 127 Å². The van der Waals surface area contributed by atoms with E-state index in [2.05, 4.69) is 42.4 Å². The SMILES string of the molecule is CCn1ncc(Br)c1C(NN)c1ccc(F)cc1Br. The van der Waals surface area contributed by atoms with Crippen molar-refractivity contribution < 1.29 is 4.39 Å². The molecule has 0 aliphatic rings. The van der Waals surface area contributed by atoms with Crippen molar-refractivity contribution in [3.8, 4) is 0 Å². The molecule has 19 heavy (non-hydrogen) atoms. The molecule has 1 unspecified atom stereocenters. The monoisotopic (exact) mass is 390 g/mol. The molecule has 2 aromatic rings. The van der Waals surface area contributed by atoms with E-state index < -0.39 is 0 Å². The zero-order valence-corrected chi connectivity index (χ0v) is 13.4. The highest BCUT2D eigenvalue weighted by molar-refractivity contribution is 9.10. The van der Waals surface area contributed by atoms with Gasteiger partial charge in [0.2, 0.25) is 0 Å². The van der Waals surface area contributed by atoms with E-state index in [1.54, 1.807) is 12.3 Å². The van der Waals surface area contributed by atoms with Crippen molar-refractivity contribution in [2.24, 2.45) is 5.84 Å². The van der Waals surface area contributed by atoms with Crippen molar-refractivity contribution in [2.75, 3.05) is 0 Å². The molecule has 1 aromatic carbocycles. The fraction of sp³-hybridized carbons (Fsp3) is 0.250. The van der Waals surface area contributed by atoms with Crippen LogP contribution in [-0.2, 0) is 6.54 Å². The first-order valence-corrected chi connectivity index (χ1v) is 7.29. The minimum Gasteiger partial charge on any atom is -0.271 e. The molecule has 1 aromatic heterocycles. The highest BCUT2D eigenvalue weighted by atomic mass is 79.9. The third kappa shape index (κ3) is 2.89. The first kappa shape index (κ1) is 14.6. The van der Waals surface area contributed by atoms with Crippen LogP contribution in [0.15, 0.2) is 33.3 Å². The summed E-state index contributed by atoms with van der Waals surface area (Å²) in [4.78, 5) is 0. The summed E-state index contributed by atoms with van der Waals surface area (Å²) in [5.41, 5.74) is 4.50.